The molecule has 7 nitrogen and oxygen atoms in total. The normalized spacial score (nSPS) is 16.0. The van der Waals surface area contributed by atoms with E-state index in [1.54, 1.807) is 54.5 Å². The van der Waals surface area contributed by atoms with E-state index >= 15 is 0 Å². The number of nitrogens with one attached hydrogen (secondary N) is 1. The van der Waals surface area contributed by atoms with Crippen LogP contribution in [0.15, 0.2) is 42.5 Å². The highest BCUT2D eigenvalue weighted by atomic mass is 16.5. The van der Waals surface area contributed by atoms with Gasteiger partial charge in [-0.05, 0) is 43.3 Å². The molecule has 0 aromatic heterocycles. The molecule has 1 aliphatic rings. The summed E-state index contributed by atoms with van der Waals surface area (Å²) in [5, 5.41) is 2.81. The molecule has 2 aromatic carbocycles. The van der Waals surface area contributed by atoms with Crippen molar-refractivity contribution in [2.75, 3.05) is 31.0 Å². The molecule has 3 rings (SSSR count). The van der Waals surface area contributed by atoms with Crippen molar-refractivity contribution < 1.29 is 23.9 Å². The highest BCUT2D eigenvalue weighted by Gasteiger charge is 2.35. The Balaban J connectivity index is 1.70. The van der Waals surface area contributed by atoms with Crippen molar-refractivity contribution in [2.45, 2.75) is 13.3 Å². The third-order valence-corrected chi connectivity index (χ3v) is 4.73. The van der Waals surface area contributed by atoms with Crippen LogP contribution in [0.1, 0.15) is 23.7 Å². The van der Waals surface area contributed by atoms with Gasteiger partial charge < -0.3 is 19.7 Å². The van der Waals surface area contributed by atoms with Gasteiger partial charge in [0, 0.05) is 36.0 Å². The minimum atomic E-state index is -0.465. The lowest BCUT2D eigenvalue weighted by Crippen LogP contribution is -2.28. The van der Waals surface area contributed by atoms with Gasteiger partial charge in [0.25, 0.3) is 0 Å². The van der Waals surface area contributed by atoms with E-state index in [4.69, 9.17) is 9.47 Å². The first-order valence-electron chi connectivity index (χ1n) is 8.87. The van der Waals surface area contributed by atoms with Gasteiger partial charge in [-0.3, -0.25) is 14.4 Å². The maximum absolute atomic E-state index is 12.6. The smallest absolute Gasteiger partial charge is 0.229 e. The number of amides is 2. The summed E-state index contributed by atoms with van der Waals surface area (Å²) < 4.78 is 10.5. The molecule has 0 saturated carbocycles. The van der Waals surface area contributed by atoms with Crippen molar-refractivity contribution in [3.05, 3.63) is 48.0 Å². The van der Waals surface area contributed by atoms with Crippen molar-refractivity contribution in [3.63, 3.8) is 0 Å². The molecule has 1 fully saturated rings. The van der Waals surface area contributed by atoms with E-state index < -0.39 is 5.92 Å². The lowest BCUT2D eigenvalue weighted by Gasteiger charge is -2.18. The number of hydrogen-bond acceptors (Lipinski definition) is 5. The molecule has 1 atom stereocenters. The monoisotopic (exact) mass is 382 g/mol. The number of carbonyl (C=O) groups is 3. The van der Waals surface area contributed by atoms with Gasteiger partial charge >= 0.3 is 0 Å². The number of ether oxygens (including phenoxy) is 2. The van der Waals surface area contributed by atoms with Gasteiger partial charge in [-0.1, -0.05) is 0 Å². The van der Waals surface area contributed by atoms with Crippen molar-refractivity contribution in [2.24, 2.45) is 5.92 Å². The molecule has 146 valence electrons. The summed E-state index contributed by atoms with van der Waals surface area (Å²) in [5.74, 6) is 0.233. The molecule has 1 N–H and O–H groups in total. The van der Waals surface area contributed by atoms with Gasteiger partial charge in [-0.15, -0.1) is 0 Å². The van der Waals surface area contributed by atoms with Crippen molar-refractivity contribution in [1.82, 2.24) is 0 Å². The summed E-state index contributed by atoms with van der Waals surface area (Å²) in [6, 6.07) is 11.9. The Hall–Kier alpha value is -3.35. The van der Waals surface area contributed by atoms with Crippen molar-refractivity contribution >= 4 is 29.0 Å². The summed E-state index contributed by atoms with van der Waals surface area (Å²) in [4.78, 5) is 37.9. The zero-order valence-corrected chi connectivity index (χ0v) is 16.0. The van der Waals surface area contributed by atoms with Crippen LogP contribution in [0.2, 0.25) is 0 Å². The molecule has 7 heteroatoms. The Morgan fingerprint density at radius 1 is 1.04 bits per heavy atom. The zero-order valence-electron chi connectivity index (χ0n) is 16.0. The first-order valence-corrected chi connectivity index (χ1v) is 8.87. The average molecular weight is 382 g/mol. The van der Waals surface area contributed by atoms with Gasteiger partial charge in [0.05, 0.1) is 20.1 Å². The summed E-state index contributed by atoms with van der Waals surface area (Å²) in [5.41, 5.74) is 1.82. The Labute approximate surface area is 163 Å². The fourth-order valence-electron chi connectivity index (χ4n) is 3.16. The van der Waals surface area contributed by atoms with Crippen LogP contribution in [0.3, 0.4) is 0 Å². The minimum absolute atomic E-state index is 0.0372. The Morgan fingerprint density at radius 3 is 2.32 bits per heavy atom. The van der Waals surface area contributed by atoms with Crippen LogP contribution < -0.4 is 19.7 Å². The molecule has 2 aromatic rings. The highest BCUT2D eigenvalue weighted by molar-refractivity contribution is 6.04. The van der Waals surface area contributed by atoms with E-state index in [0.29, 0.717) is 28.4 Å². The molecule has 0 spiro atoms. The lowest BCUT2D eigenvalue weighted by molar-refractivity contribution is -0.122. The molecule has 1 aliphatic heterocycles. The van der Waals surface area contributed by atoms with Crippen LogP contribution in [0, 0.1) is 5.92 Å². The molecule has 0 radical (unpaired) electrons. The molecular formula is C21H22N2O5. The van der Waals surface area contributed by atoms with Gasteiger partial charge in [-0.25, -0.2) is 0 Å². The maximum atomic E-state index is 12.6. The Kier molecular flexibility index (Phi) is 5.63. The second-order valence-corrected chi connectivity index (χ2v) is 6.57. The minimum Gasteiger partial charge on any atom is -0.493 e. The number of benzene rings is 2. The zero-order chi connectivity index (χ0) is 20.3. The lowest BCUT2D eigenvalue weighted by atomic mass is 10.1. The van der Waals surface area contributed by atoms with Gasteiger partial charge in [0.15, 0.2) is 17.3 Å². The van der Waals surface area contributed by atoms with Gasteiger partial charge in [0.1, 0.15) is 0 Å². The molecular weight excluding hydrogens is 360 g/mol. The van der Waals surface area contributed by atoms with Crippen LogP contribution in [0.5, 0.6) is 11.5 Å². The summed E-state index contributed by atoms with van der Waals surface area (Å²) in [7, 11) is 3.07. The number of anilines is 2. The molecule has 1 saturated heterocycles. The van der Waals surface area contributed by atoms with E-state index in [2.05, 4.69) is 5.32 Å². The second kappa shape index (κ2) is 8.12. The number of hydrogen-bond donors (Lipinski definition) is 1. The Bertz CT molecular complexity index is 908. The van der Waals surface area contributed by atoms with Gasteiger partial charge in [0.2, 0.25) is 11.8 Å². The number of methoxy groups -OCH3 is 2. The molecule has 0 bridgehead atoms. The summed E-state index contributed by atoms with van der Waals surface area (Å²) >= 11 is 0. The topological polar surface area (TPSA) is 84.9 Å². The first-order chi connectivity index (χ1) is 13.4. The number of carbonyl (C=O) groups excluding carboxylic acids is 3. The van der Waals surface area contributed by atoms with E-state index in [9.17, 15) is 14.4 Å². The molecule has 1 heterocycles. The van der Waals surface area contributed by atoms with Crippen LogP contribution in [0.25, 0.3) is 0 Å². The van der Waals surface area contributed by atoms with Crippen LogP contribution in [0.4, 0.5) is 11.4 Å². The van der Waals surface area contributed by atoms with Crippen LogP contribution in [-0.2, 0) is 9.59 Å². The van der Waals surface area contributed by atoms with Crippen molar-refractivity contribution in [1.29, 1.82) is 0 Å². The third kappa shape index (κ3) is 3.98. The fraction of sp³-hybridized carbons (Fsp3) is 0.286. The summed E-state index contributed by atoms with van der Waals surface area (Å²) in [6.45, 7) is 1.77. The van der Waals surface area contributed by atoms with Crippen LogP contribution >= 0.6 is 0 Å². The molecule has 1 unspecified atom stereocenters. The Morgan fingerprint density at radius 2 is 1.71 bits per heavy atom. The third-order valence-electron chi connectivity index (χ3n) is 4.73. The van der Waals surface area contributed by atoms with E-state index in [1.807, 2.05) is 0 Å². The van der Waals surface area contributed by atoms with E-state index in [-0.39, 0.29) is 30.6 Å². The number of rotatable bonds is 6. The van der Waals surface area contributed by atoms with Crippen molar-refractivity contribution in [3.8, 4) is 11.5 Å². The predicted molar refractivity (Wildman–Crippen MR) is 105 cm³/mol. The SMILES string of the molecule is COc1ccc(N2CC(C(=O)Nc3ccc(C(C)=O)cc3)CC2=O)cc1OC. The summed E-state index contributed by atoms with van der Waals surface area (Å²) in [6.07, 6.45) is 0.131. The number of Topliss-reactive ketones (excluding diaryl/α,β-unsaturated/α-hetero) is 1. The molecule has 0 aliphatic carbocycles. The first kappa shape index (κ1) is 19.4. The van der Waals surface area contributed by atoms with Crippen LogP contribution in [-0.4, -0.2) is 38.4 Å². The largest absolute Gasteiger partial charge is 0.493 e. The van der Waals surface area contributed by atoms with E-state index in [0.717, 1.165) is 0 Å². The quantitative estimate of drug-likeness (QED) is 0.777. The number of nitrogens with zero attached hydrogens (tertiary/aromatic N) is 1. The average Bonchev–Trinajstić information content (AvgIpc) is 3.09. The molecule has 2 amide bonds. The number of ketones is 1. The fourth-order valence-corrected chi connectivity index (χ4v) is 3.16. The standard InChI is InChI=1S/C21H22N2O5/c1-13(24)14-4-6-16(7-5-14)22-21(26)15-10-20(25)23(12-15)17-8-9-18(27-2)19(11-17)28-3/h4-9,11,15H,10,12H2,1-3H3,(H,22,26). The highest BCUT2D eigenvalue weighted by Crippen LogP contribution is 2.34. The van der Waals surface area contributed by atoms with Gasteiger partial charge in [-0.2, -0.15) is 0 Å². The predicted octanol–water partition coefficient (Wildman–Crippen LogP) is 2.90. The molecule has 28 heavy (non-hydrogen) atoms. The maximum Gasteiger partial charge on any atom is 0.229 e. The second-order valence-electron chi connectivity index (χ2n) is 6.57. The van der Waals surface area contributed by atoms with E-state index in [1.165, 1.54) is 14.0 Å².